The average Bonchev–Trinajstić information content (AvgIpc) is 2.99. The molecule has 1 aromatic carbocycles. The summed E-state index contributed by atoms with van der Waals surface area (Å²) in [5, 5.41) is 9.44. The summed E-state index contributed by atoms with van der Waals surface area (Å²) < 4.78 is 29.6. The van der Waals surface area contributed by atoms with Gasteiger partial charge in [-0.1, -0.05) is 12.5 Å². The maximum Gasteiger partial charge on any atom is 0.251 e. The third-order valence-electron chi connectivity index (χ3n) is 4.76. The number of H-pyrrole nitrogens is 1. The maximum atomic E-state index is 13.0. The van der Waals surface area contributed by atoms with Crippen LogP contribution in [0, 0.1) is 11.7 Å². The fourth-order valence-electron chi connectivity index (χ4n) is 3.06. The number of aromatic nitrogens is 3. The van der Waals surface area contributed by atoms with Crippen molar-refractivity contribution in [2.75, 3.05) is 13.1 Å². The van der Waals surface area contributed by atoms with E-state index in [0.29, 0.717) is 34.8 Å². The van der Waals surface area contributed by atoms with Crippen LogP contribution in [0.25, 0.3) is 0 Å². The van der Waals surface area contributed by atoms with Crippen LogP contribution < -0.4 is 5.32 Å². The Hall–Kier alpha value is -2.04. The first-order valence-electron chi connectivity index (χ1n) is 8.80. The van der Waals surface area contributed by atoms with Gasteiger partial charge in [0.15, 0.2) is 10.6 Å². The monoisotopic (exact) mass is 409 g/mol. The summed E-state index contributed by atoms with van der Waals surface area (Å²) in [6.45, 7) is 2.98. The van der Waals surface area contributed by atoms with Gasteiger partial charge in [-0.15, -0.1) is 0 Å². The fraction of sp³-hybridized carbons (Fsp3) is 0.471. The highest BCUT2D eigenvalue weighted by molar-refractivity contribution is 7.89. The van der Waals surface area contributed by atoms with Crippen LogP contribution in [0.5, 0.6) is 0 Å². The lowest BCUT2D eigenvalue weighted by Crippen LogP contribution is -2.36. The van der Waals surface area contributed by atoms with Crippen molar-refractivity contribution in [3.63, 3.8) is 0 Å². The fourth-order valence-corrected chi connectivity index (χ4v) is 4.98. The van der Waals surface area contributed by atoms with Crippen molar-refractivity contribution >= 4 is 28.1 Å². The van der Waals surface area contributed by atoms with Crippen molar-refractivity contribution in [2.45, 2.75) is 37.6 Å². The highest BCUT2D eigenvalue weighted by atomic mass is 32.2. The molecular weight excluding hydrogens is 386 g/mol. The van der Waals surface area contributed by atoms with Gasteiger partial charge >= 0.3 is 0 Å². The van der Waals surface area contributed by atoms with E-state index in [0.717, 1.165) is 19.3 Å². The van der Waals surface area contributed by atoms with Gasteiger partial charge in [0, 0.05) is 25.7 Å². The Morgan fingerprint density at radius 3 is 2.63 bits per heavy atom. The number of nitrogens with zero attached hydrogens (tertiary/aromatic N) is 3. The molecule has 0 bridgehead atoms. The van der Waals surface area contributed by atoms with E-state index in [-0.39, 0.29) is 17.3 Å². The molecule has 0 unspecified atom stereocenters. The van der Waals surface area contributed by atoms with Gasteiger partial charge in [-0.2, -0.15) is 9.40 Å². The van der Waals surface area contributed by atoms with E-state index in [1.807, 2.05) is 0 Å². The minimum Gasteiger partial charge on any atom is -0.345 e. The minimum atomic E-state index is -3.60. The standard InChI is InChI=1S/C17H23N5O3S2/c1-12-6-7-13(16(23)18-11-15-19-20-17(26)21(15)2)10-14(12)27(24,25)22-8-4-3-5-9-22/h6-7,10H,3-5,8-9,11H2,1-2H3,(H,18,23)(H,20,26). The highest BCUT2D eigenvalue weighted by Crippen LogP contribution is 2.24. The normalized spacial score (nSPS) is 15.6. The summed E-state index contributed by atoms with van der Waals surface area (Å²) >= 11 is 5.04. The van der Waals surface area contributed by atoms with Crippen LogP contribution in [0.1, 0.15) is 41.0 Å². The summed E-state index contributed by atoms with van der Waals surface area (Å²) in [4.78, 5) is 12.7. The number of sulfonamides is 1. The molecular formula is C17H23N5O3S2. The number of carbonyl (C=O) groups excluding carboxylic acids is 1. The number of hydrogen-bond donors (Lipinski definition) is 2. The van der Waals surface area contributed by atoms with E-state index in [1.54, 1.807) is 30.7 Å². The number of rotatable bonds is 5. The summed E-state index contributed by atoms with van der Waals surface area (Å²) in [6.07, 6.45) is 2.78. The summed E-state index contributed by atoms with van der Waals surface area (Å²) in [5.41, 5.74) is 0.930. The van der Waals surface area contributed by atoms with E-state index in [1.165, 1.54) is 10.4 Å². The molecule has 8 nitrogen and oxygen atoms in total. The van der Waals surface area contributed by atoms with Gasteiger partial charge in [-0.05, 0) is 49.7 Å². The van der Waals surface area contributed by atoms with Crippen LogP contribution in [0.2, 0.25) is 0 Å². The van der Waals surface area contributed by atoms with Gasteiger partial charge in [0.2, 0.25) is 10.0 Å². The molecule has 1 aliphatic heterocycles. The summed E-state index contributed by atoms with van der Waals surface area (Å²) in [6, 6.07) is 4.75. The Labute approximate surface area is 163 Å². The van der Waals surface area contributed by atoms with Crippen molar-refractivity contribution in [2.24, 2.45) is 7.05 Å². The number of benzene rings is 1. The first-order chi connectivity index (χ1) is 12.8. The topological polar surface area (TPSA) is 100 Å². The molecule has 3 rings (SSSR count). The van der Waals surface area contributed by atoms with Gasteiger partial charge in [0.25, 0.3) is 5.91 Å². The maximum absolute atomic E-state index is 13.0. The molecule has 146 valence electrons. The Bertz CT molecular complexity index is 1000. The Morgan fingerprint density at radius 2 is 2.00 bits per heavy atom. The summed E-state index contributed by atoms with van der Waals surface area (Å²) in [5.74, 6) is 0.223. The minimum absolute atomic E-state index is 0.185. The molecule has 1 amide bonds. The second-order valence-electron chi connectivity index (χ2n) is 6.63. The molecule has 0 atom stereocenters. The van der Waals surface area contributed by atoms with E-state index in [4.69, 9.17) is 12.2 Å². The molecule has 0 radical (unpaired) electrons. The molecule has 2 aromatic rings. The number of aryl methyl sites for hydroxylation is 1. The smallest absolute Gasteiger partial charge is 0.251 e. The number of hydrogen-bond acceptors (Lipinski definition) is 5. The quantitative estimate of drug-likeness (QED) is 0.735. The number of aromatic amines is 1. The number of carbonyl (C=O) groups is 1. The van der Waals surface area contributed by atoms with E-state index in [9.17, 15) is 13.2 Å². The van der Waals surface area contributed by atoms with Crippen LogP contribution in [0.3, 0.4) is 0 Å². The van der Waals surface area contributed by atoms with Crippen molar-refractivity contribution in [1.82, 2.24) is 24.4 Å². The molecule has 1 aromatic heterocycles. The second kappa shape index (κ2) is 7.91. The molecule has 2 N–H and O–H groups in total. The Morgan fingerprint density at radius 1 is 1.30 bits per heavy atom. The SMILES string of the molecule is Cc1ccc(C(=O)NCc2n[nH]c(=S)n2C)cc1S(=O)(=O)N1CCCCC1. The third-order valence-corrected chi connectivity index (χ3v) is 7.17. The molecule has 1 saturated heterocycles. The van der Waals surface area contributed by atoms with Crippen molar-refractivity contribution in [3.05, 3.63) is 39.9 Å². The van der Waals surface area contributed by atoms with Crippen LogP contribution in [0.15, 0.2) is 23.1 Å². The van der Waals surface area contributed by atoms with Gasteiger partial charge in [0.05, 0.1) is 11.4 Å². The van der Waals surface area contributed by atoms with Gasteiger partial charge in [-0.3, -0.25) is 9.89 Å². The highest BCUT2D eigenvalue weighted by Gasteiger charge is 2.28. The largest absolute Gasteiger partial charge is 0.345 e. The zero-order valence-electron chi connectivity index (χ0n) is 15.4. The van der Waals surface area contributed by atoms with Gasteiger partial charge in [-0.25, -0.2) is 8.42 Å². The van der Waals surface area contributed by atoms with E-state index >= 15 is 0 Å². The predicted molar refractivity (Wildman–Crippen MR) is 103 cm³/mol. The average molecular weight is 410 g/mol. The first kappa shape index (κ1) is 19.7. The molecule has 1 aliphatic rings. The number of amides is 1. The Balaban J connectivity index is 1.80. The molecule has 1 fully saturated rings. The molecule has 0 saturated carbocycles. The lowest BCUT2D eigenvalue weighted by molar-refractivity contribution is 0.0949. The van der Waals surface area contributed by atoms with Crippen LogP contribution in [-0.2, 0) is 23.6 Å². The molecule has 27 heavy (non-hydrogen) atoms. The molecule has 10 heteroatoms. The van der Waals surface area contributed by atoms with Crippen LogP contribution in [0.4, 0.5) is 0 Å². The van der Waals surface area contributed by atoms with Gasteiger partial charge in [0.1, 0.15) is 0 Å². The number of nitrogens with one attached hydrogen (secondary N) is 2. The van der Waals surface area contributed by atoms with Crippen molar-refractivity contribution in [3.8, 4) is 0 Å². The lowest BCUT2D eigenvalue weighted by atomic mass is 10.1. The van der Waals surface area contributed by atoms with Crippen molar-refractivity contribution < 1.29 is 13.2 Å². The molecule has 2 heterocycles. The lowest BCUT2D eigenvalue weighted by Gasteiger charge is -2.26. The predicted octanol–water partition coefficient (Wildman–Crippen LogP) is 1.89. The third kappa shape index (κ3) is 4.12. The zero-order chi connectivity index (χ0) is 19.6. The molecule has 0 aliphatic carbocycles. The van der Waals surface area contributed by atoms with E-state index < -0.39 is 10.0 Å². The Kier molecular flexibility index (Phi) is 5.78. The van der Waals surface area contributed by atoms with Crippen LogP contribution >= 0.6 is 12.2 Å². The van der Waals surface area contributed by atoms with Gasteiger partial charge < -0.3 is 9.88 Å². The first-order valence-corrected chi connectivity index (χ1v) is 10.6. The van der Waals surface area contributed by atoms with E-state index in [2.05, 4.69) is 15.5 Å². The molecule has 0 spiro atoms. The van der Waals surface area contributed by atoms with Crippen molar-refractivity contribution in [1.29, 1.82) is 0 Å². The zero-order valence-corrected chi connectivity index (χ0v) is 17.0. The second-order valence-corrected chi connectivity index (χ2v) is 8.92. The summed E-state index contributed by atoms with van der Waals surface area (Å²) in [7, 11) is -1.85. The van der Waals surface area contributed by atoms with Crippen LogP contribution in [-0.4, -0.2) is 46.5 Å². The number of piperidine rings is 1.